The number of nitrogens with two attached hydrogens (primary N) is 1. The molecule has 0 unspecified atom stereocenters. The summed E-state index contributed by atoms with van der Waals surface area (Å²) < 4.78 is 5.31. The second-order valence-corrected chi connectivity index (χ2v) is 4.69. The van der Waals surface area contributed by atoms with Gasteiger partial charge in [0, 0.05) is 24.5 Å². The van der Waals surface area contributed by atoms with Crippen molar-refractivity contribution in [3.63, 3.8) is 0 Å². The van der Waals surface area contributed by atoms with Crippen LogP contribution in [0.3, 0.4) is 0 Å². The number of ether oxygens (including phenoxy) is 1. The van der Waals surface area contributed by atoms with E-state index in [0.717, 1.165) is 24.3 Å². The van der Waals surface area contributed by atoms with Crippen LogP contribution in [0, 0.1) is 6.92 Å². The third-order valence-electron chi connectivity index (χ3n) is 3.09. The summed E-state index contributed by atoms with van der Waals surface area (Å²) in [6.45, 7) is 9.24. The molecule has 0 saturated heterocycles. The maximum absolute atomic E-state index is 12.0. The van der Waals surface area contributed by atoms with Crippen LogP contribution >= 0.6 is 0 Å². The number of aryl methyl sites for hydroxylation is 1. The molecule has 0 saturated carbocycles. The predicted octanol–water partition coefficient (Wildman–Crippen LogP) is 1.87. The van der Waals surface area contributed by atoms with Crippen molar-refractivity contribution in [1.29, 1.82) is 0 Å². The Hall–Kier alpha value is -1.59. The van der Waals surface area contributed by atoms with Crippen LogP contribution in [-0.2, 0) is 9.53 Å². The number of hydrogen-bond donors (Lipinski definition) is 2. The van der Waals surface area contributed by atoms with E-state index in [1.807, 2.05) is 32.9 Å². The zero-order valence-electron chi connectivity index (χ0n) is 12.6. The van der Waals surface area contributed by atoms with Gasteiger partial charge in [-0.3, -0.25) is 9.69 Å². The molecule has 0 aliphatic carbocycles. The quantitative estimate of drug-likeness (QED) is 0.563. The molecule has 0 radical (unpaired) electrons. The molecule has 1 aromatic carbocycles. The zero-order chi connectivity index (χ0) is 15.0. The van der Waals surface area contributed by atoms with E-state index in [2.05, 4.69) is 10.2 Å². The van der Waals surface area contributed by atoms with Crippen LogP contribution < -0.4 is 11.1 Å². The molecule has 0 heterocycles. The van der Waals surface area contributed by atoms with Crippen molar-refractivity contribution in [2.45, 2.75) is 20.8 Å². The Balaban J connectivity index is 2.48. The third kappa shape index (κ3) is 5.59. The van der Waals surface area contributed by atoms with Crippen LogP contribution in [0.2, 0.25) is 0 Å². The van der Waals surface area contributed by atoms with Gasteiger partial charge >= 0.3 is 0 Å². The number of carbonyl (C=O) groups is 1. The van der Waals surface area contributed by atoms with Crippen molar-refractivity contribution in [3.05, 3.63) is 23.8 Å². The molecule has 112 valence electrons. The molecule has 0 bridgehead atoms. The van der Waals surface area contributed by atoms with E-state index in [1.165, 1.54) is 0 Å². The Bertz CT molecular complexity index is 435. The Morgan fingerprint density at radius 1 is 1.40 bits per heavy atom. The SMILES string of the molecule is CCOCCN(CC)CC(=O)Nc1ccc(N)cc1C. The molecule has 5 nitrogen and oxygen atoms in total. The topological polar surface area (TPSA) is 67.6 Å². The van der Waals surface area contributed by atoms with Crippen molar-refractivity contribution in [3.8, 4) is 0 Å². The summed E-state index contributed by atoms with van der Waals surface area (Å²) in [5, 5.41) is 2.92. The smallest absolute Gasteiger partial charge is 0.238 e. The molecule has 5 heteroatoms. The van der Waals surface area contributed by atoms with E-state index in [1.54, 1.807) is 6.07 Å². The van der Waals surface area contributed by atoms with Gasteiger partial charge in [0.2, 0.25) is 5.91 Å². The van der Waals surface area contributed by atoms with Gasteiger partial charge in [-0.2, -0.15) is 0 Å². The number of anilines is 2. The molecular weight excluding hydrogens is 254 g/mol. The molecule has 0 aliphatic heterocycles. The van der Waals surface area contributed by atoms with Crippen LogP contribution in [0.25, 0.3) is 0 Å². The second kappa shape index (κ2) is 8.55. The lowest BCUT2D eigenvalue weighted by Gasteiger charge is -2.20. The van der Waals surface area contributed by atoms with Crippen LogP contribution in [-0.4, -0.2) is 43.7 Å². The number of hydrogen-bond acceptors (Lipinski definition) is 4. The molecule has 3 N–H and O–H groups in total. The van der Waals surface area contributed by atoms with E-state index in [0.29, 0.717) is 25.4 Å². The fourth-order valence-corrected chi connectivity index (χ4v) is 1.91. The van der Waals surface area contributed by atoms with Crippen molar-refractivity contribution in [2.75, 3.05) is 43.9 Å². The maximum Gasteiger partial charge on any atom is 0.238 e. The van der Waals surface area contributed by atoms with Crippen LogP contribution in [0.1, 0.15) is 19.4 Å². The number of nitrogens with one attached hydrogen (secondary N) is 1. The number of rotatable bonds is 8. The third-order valence-corrected chi connectivity index (χ3v) is 3.09. The van der Waals surface area contributed by atoms with Crippen LogP contribution in [0.15, 0.2) is 18.2 Å². The van der Waals surface area contributed by atoms with E-state index in [9.17, 15) is 4.79 Å². The normalized spacial score (nSPS) is 10.8. The summed E-state index contributed by atoms with van der Waals surface area (Å²) in [6, 6.07) is 5.47. The monoisotopic (exact) mass is 279 g/mol. The first-order chi connectivity index (χ1) is 9.56. The summed E-state index contributed by atoms with van der Waals surface area (Å²) in [4.78, 5) is 14.1. The van der Waals surface area contributed by atoms with Gasteiger partial charge in [-0.05, 0) is 44.2 Å². The lowest BCUT2D eigenvalue weighted by molar-refractivity contribution is -0.117. The number of nitrogen functional groups attached to an aromatic ring is 1. The van der Waals surface area contributed by atoms with Crippen molar-refractivity contribution in [1.82, 2.24) is 4.90 Å². The summed E-state index contributed by atoms with van der Waals surface area (Å²) in [6.07, 6.45) is 0. The summed E-state index contributed by atoms with van der Waals surface area (Å²) >= 11 is 0. The standard InChI is InChI=1S/C15H25N3O2/c1-4-18(8-9-20-5-2)11-15(19)17-14-7-6-13(16)10-12(14)3/h6-7,10H,4-5,8-9,11,16H2,1-3H3,(H,17,19). The first-order valence-electron chi connectivity index (χ1n) is 7.02. The lowest BCUT2D eigenvalue weighted by Crippen LogP contribution is -2.35. The Morgan fingerprint density at radius 2 is 2.15 bits per heavy atom. The molecule has 1 amide bonds. The number of carbonyl (C=O) groups excluding carboxylic acids is 1. The average molecular weight is 279 g/mol. The number of benzene rings is 1. The lowest BCUT2D eigenvalue weighted by atomic mass is 10.2. The zero-order valence-corrected chi connectivity index (χ0v) is 12.6. The maximum atomic E-state index is 12.0. The Kier molecular flexibility index (Phi) is 7.04. The second-order valence-electron chi connectivity index (χ2n) is 4.69. The fraction of sp³-hybridized carbons (Fsp3) is 0.533. The minimum atomic E-state index is -0.0174. The summed E-state index contributed by atoms with van der Waals surface area (Å²) in [7, 11) is 0. The van der Waals surface area contributed by atoms with Gasteiger partial charge in [0.15, 0.2) is 0 Å². The highest BCUT2D eigenvalue weighted by Gasteiger charge is 2.10. The minimum absolute atomic E-state index is 0.0174. The van der Waals surface area contributed by atoms with Crippen LogP contribution in [0.5, 0.6) is 0 Å². The average Bonchev–Trinajstić information content (AvgIpc) is 2.41. The molecule has 0 fully saturated rings. The molecule has 0 atom stereocenters. The molecule has 20 heavy (non-hydrogen) atoms. The van der Waals surface area contributed by atoms with E-state index in [4.69, 9.17) is 10.5 Å². The molecule has 0 spiro atoms. The van der Waals surface area contributed by atoms with Gasteiger partial charge in [-0.25, -0.2) is 0 Å². The molecule has 0 aromatic heterocycles. The van der Waals surface area contributed by atoms with E-state index >= 15 is 0 Å². The molecular formula is C15H25N3O2. The van der Waals surface area contributed by atoms with Gasteiger partial charge in [-0.15, -0.1) is 0 Å². The number of nitrogens with zero attached hydrogens (tertiary/aromatic N) is 1. The number of likely N-dealkylation sites (N-methyl/N-ethyl adjacent to an activating group) is 1. The molecule has 1 rings (SSSR count). The first-order valence-corrected chi connectivity index (χ1v) is 7.02. The fourth-order valence-electron chi connectivity index (χ4n) is 1.91. The first kappa shape index (κ1) is 16.5. The highest BCUT2D eigenvalue weighted by Crippen LogP contribution is 2.17. The molecule has 0 aliphatic rings. The van der Waals surface area contributed by atoms with Gasteiger partial charge < -0.3 is 15.8 Å². The predicted molar refractivity (Wildman–Crippen MR) is 82.8 cm³/mol. The van der Waals surface area contributed by atoms with Crippen LogP contribution in [0.4, 0.5) is 11.4 Å². The van der Waals surface area contributed by atoms with Gasteiger partial charge in [-0.1, -0.05) is 6.92 Å². The molecule has 1 aromatic rings. The van der Waals surface area contributed by atoms with E-state index in [-0.39, 0.29) is 5.91 Å². The Morgan fingerprint density at radius 3 is 2.75 bits per heavy atom. The largest absolute Gasteiger partial charge is 0.399 e. The number of amides is 1. The minimum Gasteiger partial charge on any atom is -0.399 e. The summed E-state index contributed by atoms with van der Waals surface area (Å²) in [5.41, 5.74) is 8.17. The van der Waals surface area contributed by atoms with Gasteiger partial charge in [0.05, 0.1) is 13.2 Å². The highest BCUT2D eigenvalue weighted by molar-refractivity contribution is 5.93. The van der Waals surface area contributed by atoms with E-state index < -0.39 is 0 Å². The summed E-state index contributed by atoms with van der Waals surface area (Å²) in [5.74, 6) is -0.0174. The highest BCUT2D eigenvalue weighted by atomic mass is 16.5. The van der Waals surface area contributed by atoms with Crippen molar-refractivity contribution in [2.24, 2.45) is 0 Å². The Labute approximate surface area is 121 Å². The van der Waals surface area contributed by atoms with Crippen molar-refractivity contribution < 1.29 is 9.53 Å². The van der Waals surface area contributed by atoms with Gasteiger partial charge in [0.25, 0.3) is 0 Å². The van der Waals surface area contributed by atoms with Crippen molar-refractivity contribution >= 4 is 17.3 Å². The van der Waals surface area contributed by atoms with Gasteiger partial charge in [0.1, 0.15) is 0 Å².